The predicted molar refractivity (Wildman–Crippen MR) is 38.8 cm³/mol. The Morgan fingerprint density at radius 3 is 2.58 bits per heavy atom. The zero-order valence-corrected chi connectivity index (χ0v) is 7.09. The Hall–Kier alpha value is 0.190. The molecule has 0 aromatic rings. The zero-order valence-electron chi connectivity index (χ0n) is 6.20. The summed E-state index contributed by atoms with van der Waals surface area (Å²) < 4.78 is 9.40. The molecule has 3 atom stereocenters. The summed E-state index contributed by atoms with van der Waals surface area (Å²) in [6, 6.07) is 0. The van der Waals surface area contributed by atoms with Crippen molar-refractivity contribution in [3.8, 4) is 0 Å². The SMILES string of the molecule is OC[C@H]1OC(OP(O)O)C[C@@H]1O. The molecule has 1 fully saturated rings. The summed E-state index contributed by atoms with van der Waals surface area (Å²) in [6.45, 7) is -0.310. The normalized spacial score (nSPS) is 36.2. The minimum absolute atomic E-state index is 0.144. The first-order chi connectivity index (χ1) is 5.63. The van der Waals surface area contributed by atoms with Gasteiger partial charge in [-0.3, -0.25) is 4.52 Å². The van der Waals surface area contributed by atoms with Gasteiger partial charge in [-0.05, 0) is 0 Å². The molecule has 1 unspecified atom stereocenters. The lowest BCUT2D eigenvalue weighted by molar-refractivity contribution is -0.0966. The molecule has 1 aliphatic heterocycles. The fraction of sp³-hybridized carbons (Fsp3) is 1.00. The maximum absolute atomic E-state index is 9.15. The number of aliphatic hydroxyl groups excluding tert-OH is 2. The highest BCUT2D eigenvalue weighted by molar-refractivity contribution is 7.39. The Balaban J connectivity index is 2.33. The van der Waals surface area contributed by atoms with Crippen molar-refractivity contribution in [2.45, 2.75) is 24.9 Å². The van der Waals surface area contributed by atoms with Crippen LogP contribution < -0.4 is 0 Å². The fourth-order valence-corrected chi connectivity index (χ4v) is 1.37. The van der Waals surface area contributed by atoms with Gasteiger partial charge in [-0.2, -0.15) is 0 Å². The van der Waals surface area contributed by atoms with Gasteiger partial charge in [-0.15, -0.1) is 0 Å². The van der Waals surface area contributed by atoms with E-state index in [1.165, 1.54) is 0 Å². The van der Waals surface area contributed by atoms with E-state index in [1.54, 1.807) is 0 Å². The molecule has 0 aromatic heterocycles. The predicted octanol–water partition coefficient (Wildman–Crippen LogP) is -1.32. The van der Waals surface area contributed by atoms with Gasteiger partial charge in [-0.25, -0.2) is 0 Å². The maximum atomic E-state index is 9.15. The van der Waals surface area contributed by atoms with E-state index in [0.29, 0.717) is 0 Å². The van der Waals surface area contributed by atoms with Gasteiger partial charge in [-0.1, -0.05) is 0 Å². The number of hydrogen-bond acceptors (Lipinski definition) is 6. The van der Waals surface area contributed by atoms with Gasteiger partial charge in [0.2, 0.25) is 0 Å². The van der Waals surface area contributed by atoms with Crippen molar-refractivity contribution < 1.29 is 29.3 Å². The van der Waals surface area contributed by atoms with Crippen LogP contribution >= 0.6 is 8.60 Å². The summed E-state index contributed by atoms with van der Waals surface area (Å²) in [5, 5.41) is 17.8. The van der Waals surface area contributed by atoms with Crippen molar-refractivity contribution in [1.82, 2.24) is 0 Å². The zero-order chi connectivity index (χ0) is 9.14. The molecule has 4 N–H and O–H groups in total. The fourth-order valence-electron chi connectivity index (χ4n) is 1.03. The van der Waals surface area contributed by atoms with Crippen LogP contribution in [-0.2, 0) is 9.26 Å². The average Bonchev–Trinajstić information content (AvgIpc) is 2.29. The highest BCUT2D eigenvalue weighted by atomic mass is 31.2. The molecule has 1 rings (SSSR count). The van der Waals surface area contributed by atoms with Crippen LogP contribution in [0.15, 0.2) is 0 Å². The van der Waals surface area contributed by atoms with E-state index < -0.39 is 27.1 Å². The molecule has 1 aliphatic rings. The van der Waals surface area contributed by atoms with Crippen LogP contribution in [0.2, 0.25) is 0 Å². The van der Waals surface area contributed by atoms with Gasteiger partial charge < -0.3 is 24.7 Å². The number of rotatable bonds is 3. The van der Waals surface area contributed by atoms with Gasteiger partial charge >= 0.3 is 8.60 Å². The van der Waals surface area contributed by atoms with E-state index in [9.17, 15) is 0 Å². The third kappa shape index (κ3) is 2.60. The molecule has 0 aromatic carbocycles. The van der Waals surface area contributed by atoms with Crippen LogP contribution in [0.3, 0.4) is 0 Å². The second-order valence-electron chi connectivity index (χ2n) is 2.45. The first-order valence-electron chi connectivity index (χ1n) is 3.42. The van der Waals surface area contributed by atoms with Crippen molar-refractivity contribution in [3.63, 3.8) is 0 Å². The molecule has 0 saturated carbocycles. The van der Waals surface area contributed by atoms with Gasteiger partial charge in [0.15, 0.2) is 6.29 Å². The molecule has 1 saturated heterocycles. The monoisotopic (exact) mass is 198 g/mol. The number of ether oxygens (including phenoxy) is 1. The lowest BCUT2D eigenvalue weighted by Gasteiger charge is -2.12. The molecular formula is C5H11O6P. The topological polar surface area (TPSA) is 99.4 Å². The first kappa shape index (κ1) is 10.3. The Bertz CT molecular complexity index is 142. The smallest absolute Gasteiger partial charge is 0.329 e. The summed E-state index contributed by atoms with van der Waals surface area (Å²) in [5.74, 6) is 0. The van der Waals surface area contributed by atoms with Crippen LogP contribution in [0.5, 0.6) is 0 Å². The Morgan fingerprint density at radius 2 is 2.17 bits per heavy atom. The van der Waals surface area contributed by atoms with Gasteiger partial charge in [0.25, 0.3) is 0 Å². The largest absolute Gasteiger partial charge is 0.394 e. The second kappa shape index (κ2) is 4.43. The van der Waals surface area contributed by atoms with Gasteiger partial charge in [0.05, 0.1) is 12.7 Å². The lowest BCUT2D eigenvalue weighted by Crippen LogP contribution is -2.24. The van der Waals surface area contributed by atoms with E-state index in [2.05, 4.69) is 4.52 Å². The molecule has 0 spiro atoms. The van der Waals surface area contributed by atoms with Crippen LogP contribution in [0.1, 0.15) is 6.42 Å². The Labute approximate surface area is 70.4 Å². The van der Waals surface area contributed by atoms with E-state index in [-0.39, 0.29) is 13.0 Å². The molecule has 7 heteroatoms. The molecule has 0 bridgehead atoms. The number of hydrogen-bond donors (Lipinski definition) is 4. The summed E-state index contributed by atoms with van der Waals surface area (Å²) in [5.41, 5.74) is 0. The van der Waals surface area contributed by atoms with Crippen LogP contribution in [0.4, 0.5) is 0 Å². The maximum Gasteiger partial charge on any atom is 0.329 e. The number of aliphatic hydroxyl groups is 2. The van der Waals surface area contributed by atoms with Crippen molar-refractivity contribution >= 4 is 8.60 Å². The summed E-state index contributed by atoms with van der Waals surface area (Å²) in [6.07, 6.45) is -2.19. The molecule has 6 nitrogen and oxygen atoms in total. The average molecular weight is 198 g/mol. The summed E-state index contributed by atoms with van der Waals surface area (Å²) in [4.78, 5) is 16.9. The van der Waals surface area contributed by atoms with Gasteiger partial charge in [0, 0.05) is 6.42 Å². The van der Waals surface area contributed by atoms with Crippen LogP contribution in [0, 0.1) is 0 Å². The minimum Gasteiger partial charge on any atom is -0.394 e. The summed E-state index contributed by atoms with van der Waals surface area (Å²) >= 11 is 0. The van der Waals surface area contributed by atoms with Crippen LogP contribution in [-0.4, -0.2) is 45.1 Å². The highest BCUT2D eigenvalue weighted by Crippen LogP contribution is 2.33. The third-order valence-corrected chi connectivity index (χ3v) is 2.01. The second-order valence-corrected chi connectivity index (χ2v) is 3.16. The van der Waals surface area contributed by atoms with Crippen molar-refractivity contribution in [3.05, 3.63) is 0 Å². The standard InChI is InChI=1S/C5H11O6P/c6-2-4-3(7)1-5(10-4)11-12(8)9/h3-9H,1-2H2/t3-,4+,5?/m0/s1. The van der Waals surface area contributed by atoms with Crippen LogP contribution in [0.25, 0.3) is 0 Å². The van der Waals surface area contributed by atoms with Crippen molar-refractivity contribution in [2.24, 2.45) is 0 Å². The molecular weight excluding hydrogens is 187 g/mol. The molecule has 0 amide bonds. The third-order valence-electron chi connectivity index (χ3n) is 1.58. The Kier molecular flexibility index (Phi) is 3.79. The van der Waals surface area contributed by atoms with Gasteiger partial charge in [0.1, 0.15) is 6.10 Å². The lowest BCUT2D eigenvalue weighted by atomic mass is 10.2. The summed E-state index contributed by atoms with van der Waals surface area (Å²) in [7, 11) is -2.47. The van der Waals surface area contributed by atoms with E-state index in [4.69, 9.17) is 24.7 Å². The molecule has 1 heterocycles. The van der Waals surface area contributed by atoms with E-state index >= 15 is 0 Å². The molecule has 72 valence electrons. The molecule has 0 radical (unpaired) electrons. The molecule has 0 aliphatic carbocycles. The highest BCUT2D eigenvalue weighted by Gasteiger charge is 2.35. The molecule has 12 heavy (non-hydrogen) atoms. The van der Waals surface area contributed by atoms with Crippen molar-refractivity contribution in [1.29, 1.82) is 0 Å². The van der Waals surface area contributed by atoms with E-state index in [0.717, 1.165) is 0 Å². The Morgan fingerprint density at radius 1 is 1.50 bits per heavy atom. The quantitative estimate of drug-likeness (QED) is 0.420. The minimum atomic E-state index is -2.47. The van der Waals surface area contributed by atoms with Crippen molar-refractivity contribution in [2.75, 3.05) is 6.61 Å². The van der Waals surface area contributed by atoms with E-state index in [1.807, 2.05) is 0 Å². The first-order valence-corrected chi connectivity index (χ1v) is 4.59.